The van der Waals surface area contributed by atoms with Crippen molar-refractivity contribution in [3.8, 4) is 0 Å². The molecule has 1 saturated carbocycles. The SMILES string of the molecule is CC(C)N1CCc2nc(C(=O)N[C@@H]3CCCC[C@@H]3NC(=O)c3cc4cc(F)ccc4[nH]3)sc2C1. The number of amides is 2. The molecule has 0 radical (unpaired) electrons. The highest BCUT2D eigenvalue weighted by Crippen LogP contribution is 2.27. The van der Waals surface area contributed by atoms with Crippen LogP contribution in [0, 0.1) is 5.82 Å². The van der Waals surface area contributed by atoms with Gasteiger partial charge in [0.2, 0.25) is 0 Å². The smallest absolute Gasteiger partial charge is 0.280 e. The lowest BCUT2D eigenvalue weighted by Gasteiger charge is -2.32. The zero-order valence-electron chi connectivity index (χ0n) is 19.5. The summed E-state index contributed by atoms with van der Waals surface area (Å²) in [5, 5.41) is 7.38. The molecule has 180 valence electrons. The van der Waals surface area contributed by atoms with Gasteiger partial charge >= 0.3 is 0 Å². The van der Waals surface area contributed by atoms with Gasteiger partial charge in [-0.3, -0.25) is 14.5 Å². The van der Waals surface area contributed by atoms with Crippen LogP contribution < -0.4 is 10.6 Å². The summed E-state index contributed by atoms with van der Waals surface area (Å²) >= 11 is 1.48. The number of fused-ring (bicyclic) bond motifs is 2. The monoisotopic (exact) mass is 483 g/mol. The number of rotatable bonds is 5. The highest BCUT2D eigenvalue weighted by atomic mass is 32.1. The van der Waals surface area contributed by atoms with Crippen molar-refractivity contribution in [3.05, 3.63) is 51.4 Å². The molecule has 2 aliphatic rings. The molecule has 7 nitrogen and oxygen atoms in total. The molecule has 3 N–H and O–H groups in total. The first-order chi connectivity index (χ1) is 16.4. The van der Waals surface area contributed by atoms with Gasteiger partial charge in [0.05, 0.1) is 5.69 Å². The van der Waals surface area contributed by atoms with Crippen molar-refractivity contribution in [3.63, 3.8) is 0 Å². The molecule has 5 rings (SSSR count). The molecule has 0 spiro atoms. The van der Waals surface area contributed by atoms with Gasteiger partial charge in [-0.2, -0.15) is 0 Å². The fourth-order valence-electron chi connectivity index (χ4n) is 4.93. The summed E-state index contributed by atoms with van der Waals surface area (Å²) in [7, 11) is 0. The number of nitrogens with one attached hydrogen (secondary N) is 3. The summed E-state index contributed by atoms with van der Waals surface area (Å²) < 4.78 is 13.5. The Morgan fingerprint density at radius 1 is 1.15 bits per heavy atom. The van der Waals surface area contributed by atoms with Crippen molar-refractivity contribution in [2.45, 2.75) is 70.6 Å². The second-order valence-corrected chi connectivity index (χ2v) is 10.6. The molecule has 0 saturated heterocycles. The topological polar surface area (TPSA) is 90.1 Å². The zero-order valence-corrected chi connectivity index (χ0v) is 20.3. The highest BCUT2D eigenvalue weighted by molar-refractivity contribution is 7.13. The van der Waals surface area contributed by atoms with Crippen molar-refractivity contribution in [2.75, 3.05) is 6.54 Å². The van der Waals surface area contributed by atoms with Gasteiger partial charge in [-0.05, 0) is 51.0 Å². The number of carbonyl (C=O) groups is 2. The minimum atomic E-state index is -0.339. The minimum absolute atomic E-state index is 0.153. The molecule has 2 amide bonds. The maximum absolute atomic E-state index is 13.5. The molecule has 1 aliphatic carbocycles. The Hall–Kier alpha value is -2.78. The number of H-pyrrole nitrogens is 1. The molecule has 1 aliphatic heterocycles. The molecule has 34 heavy (non-hydrogen) atoms. The lowest BCUT2D eigenvalue weighted by Crippen LogP contribution is -2.53. The first-order valence-corrected chi connectivity index (χ1v) is 12.8. The van der Waals surface area contributed by atoms with Gasteiger partial charge < -0.3 is 15.6 Å². The van der Waals surface area contributed by atoms with Crippen LogP contribution in [-0.2, 0) is 13.0 Å². The molecule has 3 aromatic rings. The van der Waals surface area contributed by atoms with Gasteiger partial charge in [-0.15, -0.1) is 11.3 Å². The van der Waals surface area contributed by atoms with Crippen molar-refractivity contribution in [1.29, 1.82) is 0 Å². The molecule has 9 heteroatoms. The minimum Gasteiger partial charge on any atom is -0.351 e. The zero-order chi connectivity index (χ0) is 23.8. The van der Waals surface area contributed by atoms with Crippen LogP contribution in [0.4, 0.5) is 4.39 Å². The molecule has 1 aromatic carbocycles. The highest BCUT2D eigenvalue weighted by Gasteiger charge is 2.30. The first-order valence-electron chi connectivity index (χ1n) is 12.0. The maximum atomic E-state index is 13.5. The van der Waals surface area contributed by atoms with E-state index in [0.717, 1.165) is 50.9 Å². The van der Waals surface area contributed by atoms with Crippen molar-refractivity contribution < 1.29 is 14.0 Å². The molecule has 0 bridgehead atoms. The van der Waals surface area contributed by atoms with Crippen molar-refractivity contribution in [1.82, 2.24) is 25.5 Å². The van der Waals surface area contributed by atoms with Gasteiger partial charge in [-0.1, -0.05) is 12.8 Å². The van der Waals surface area contributed by atoms with Crippen LogP contribution in [-0.4, -0.2) is 51.4 Å². The quantitative estimate of drug-likeness (QED) is 0.512. The van der Waals surface area contributed by atoms with E-state index in [1.54, 1.807) is 12.1 Å². The van der Waals surface area contributed by atoms with Crippen LogP contribution >= 0.6 is 11.3 Å². The maximum Gasteiger partial charge on any atom is 0.280 e. The van der Waals surface area contributed by atoms with E-state index >= 15 is 0 Å². The van der Waals surface area contributed by atoms with Crippen LogP contribution in [0.1, 0.15) is 70.4 Å². The third kappa shape index (κ3) is 4.72. The van der Waals surface area contributed by atoms with E-state index in [1.807, 2.05) is 0 Å². The Kier molecular flexibility index (Phi) is 6.40. The van der Waals surface area contributed by atoms with Crippen molar-refractivity contribution >= 4 is 34.1 Å². The van der Waals surface area contributed by atoms with Gasteiger partial charge in [0.15, 0.2) is 5.01 Å². The van der Waals surface area contributed by atoms with E-state index in [-0.39, 0.29) is 29.7 Å². The lowest BCUT2D eigenvalue weighted by molar-refractivity contribution is 0.0860. The standard InChI is InChI=1S/C25H30FN5O2S/c1-14(2)31-10-9-20-22(13-31)34-25(30-20)24(33)29-19-6-4-3-5-18(19)28-23(32)21-12-15-11-16(26)7-8-17(15)27-21/h7-8,11-12,14,18-19,27H,3-6,9-10,13H2,1-2H3,(H,28,32)(H,29,33)/t18-,19+/m0/s1. The molecule has 3 heterocycles. The van der Waals surface area contributed by atoms with Gasteiger partial charge in [0.1, 0.15) is 11.5 Å². The van der Waals surface area contributed by atoms with E-state index < -0.39 is 0 Å². The molecule has 1 fully saturated rings. The molecule has 0 unspecified atom stereocenters. The number of thiazole rings is 1. The summed E-state index contributed by atoms with van der Waals surface area (Å²) in [5.74, 6) is -0.752. The average molecular weight is 484 g/mol. The molecular weight excluding hydrogens is 453 g/mol. The summed E-state index contributed by atoms with van der Waals surface area (Å²) in [4.78, 5) is 37.2. The molecular formula is C25H30FN5O2S. The number of aromatic nitrogens is 2. The van der Waals surface area contributed by atoms with E-state index in [4.69, 9.17) is 0 Å². The number of halogens is 1. The van der Waals surface area contributed by atoms with E-state index in [2.05, 4.69) is 39.3 Å². The summed E-state index contributed by atoms with van der Waals surface area (Å²) in [6.07, 6.45) is 4.46. The number of carbonyl (C=O) groups excluding carboxylic acids is 2. The second kappa shape index (κ2) is 9.46. The fraction of sp³-hybridized carbons (Fsp3) is 0.480. The number of hydrogen-bond donors (Lipinski definition) is 3. The van der Waals surface area contributed by atoms with E-state index in [9.17, 15) is 14.0 Å². The van der Waals surface area contributed by atoms with Gasteiger partial charge in [0.25, 0.3) is 11.8 Å². The van der Waals surface area contributed by atoms with Gasteiger partial charge in [0, 0.05) is 53.4 Å². The fourth-order valence-corrected chi connectivity index (χ4v) is 5.97. The van der Waals surface area contributed by atoms with Crippen LogP contribution in [0.25, 0.3) is 10.9 Å². The van der Waals surface area contributed by atoms with Crippen LogP contribution in [0.3, 0.4) is 0 Å². The molecule has 2 atom stereocenters. The Labute approximate surface area is 202 Å². The van der Waals surface area contributed by atoms with E-state index in [0.29, 0.717) is 27.6 Å². The normalized spacial score (nSPS) is 20.9. The van der Waals surface area contributed by atoms with Crippen LogP contribution in [0.5, 0.6) is 0 Å². The second-order valence-electron chi connectivity index (χ2n) is 9.56. The van der Waals surface area contributed by atoms with Crippen LogP contribution in [0.15, 0.2) is 24.3 Å². The Bertz CT molecular complexity index is 1220. The Morgan fingerprint density at radius 2 is 1.88 bits per heavy atom. The van der Waals surface area contributed by atoms with Gasteiger partial charge in [-0.25, -0.2) is 9.37 Å². The van der Waals surface area contributed by atoms with Crippen molar-refractivity contribution in [2.24, 2.45) is 0 Å². The number of aromatic amines is 1. The Morgan fingerprint density at radius 3 is 2.62 bits per heavy atom. The number of nitrogens with zero attached hydrogens (tertiary/aromatic N) is 2. The van der Waals surface area contributed by atoms with Crippen LogP contribution in [0.2, 0.25) is 0 Å². The predicted octanol–water partition coefficient (Wildman–Crippen LogP) is 4.00. The summed E-state index contributed by atoms with van der Waals surface area (Å²) in [5.41, 5.74) is 2.14. The molecule has 2 aromatic heterocycles. The van der Waals surface area contributed by atoms with E-state index in [1.165, 1.54) is 28.3 Å². The largest absolute Gasteiger partial charge is 0.351 e. The third-order valence-electron chi connectivity index (χ3n) is 6.91. The predicted molar refractivity (Wildman–Crippen MR) is 131 cm³/mol. The lowest BCUT2D eigenvalue weighted by atomic mass is 9.90. The Balaban J connectivity index is 1.26. The average Bonchev–Trinajstić information content (AvgIpc) is 3.43. The summed E-state index contributed by atoms with van der Waals surface area (Å²) in [6.45, 7) is 6.18. The number of hydrogen-bond acceptors (Lipinski definition) is 5. The summed E-state index contributed by atoms with van der Waals surface area (Å²) in [6, 6.07) is 6.20. The number of benzene rings is 1. The third-order valence-corrected chi connectivity index (χ3v) is 7.99. The first kappa shape index (κ1) is 23.0.